The highest BCUT2D eigenvalue weighted by Crippen LogP contribution is 2.39. The molecule has 5 atom stereocenters. The molecule has 8 nitrogen and oxygen atoms in total. The van der Waals surface area contributed by atoms with Gasteiger partial charge in [0.2, 0.25) is 0 Å². The number of hydrogen-bond donors (Lipinski definition) is 2. The number of methoxy groups -OCH3 is 1. The Labute approximate surface area is 233 Å². The Balaban J connectivity index is 2.07. The molecule has 2 rings (SSSR count). The van der Waals surface area contributed by atoms with Crippen LogP contribution in [0.5, 0.6) is 0 Å². The average Bonchev–Trinajstić information content (AvgIpc) is 3.23. The second-order valence-electron chi connectivity index (χ2n) is 10.4. The van der Waals surface area contributed by atoms with Crippen LogP contribution in [0.3, 0.4) is 0 Å². The van der Waals surface area contributed by atoms with E-state index < -0.39 is 12.2 Å². The van der Waals surface area contributed by atoms with Crippen LogP contribution in [0.25, 0.3) is 0 Å². The van der Waals surface area contributed by atoms with Crippen molar-refractivity contribution in [1.29, 1.82) is 0 Å². The van der Waals surface area contributed by atoms with Gasteiger partial charge in [-0.3, -0.25) is 9.59 Å². The van der Waals surface area contributed by atoms with E-state index in [1.807, 2.05) is 42.5 Å². The zero-order valence-electron chi connectivity index (χ0n) is 23.8. The maximum atomic E-state index is 12.7. The van der Waals surface area contributed by atoms with Gasteiger partial charge in [-0.15, -0.1) is 0 Å². The maximum Gasteiger partial charge on any atom is 0.407 e. The molecule has 39 heavy (non-hydrogen) atoms. The third-order valence-corrected chi connectivity index (χ3v) is 7.31. The molecule has 1 fully saturated rings. The molecule has 1 saturated carbocycles. The molecule has 0 bridgehead atoms. The van der Waals surface area contributed by atoms with Crippen LogP contribution in [0, 0.1) is 11.8 Å². The molecule has 8 heteroatoms. The van der Waals surface area contributed by atoms with Gasteiger partial charge in [0.05, 0.1) is 13.2 Å². The van der Waals surface area contributed by atoms with Gasteiger partial charge in [0.15, 0.2) is 0 Å². The predicted octanol–water partition coefficient (Wildman–Crippen LogP) is 5.86. The summed E-state index contributed by atoms with van der Waals surface area (Å²) in [4.78, 5) is 36.0. The Morgan fingerprint density at radius 2 is 1.82 bits per heavy atom. The normalized spacial score (nSPS) is 21.4. The number of hydrogen-bond acceptors (Lipinski definition) is 7. The van der Waals surface area contributed by atoms with Crippen LogP contribution in [0.15, 0.2) is 42.5 Å². The van der Waals surface area contributed by atoms with Gasteiger partial charge >= 0.3 is 18.0 Å². The molecular formula is C31H47NO7. The number of rotatable bonds is 17. The minimum atomic E-state index is -0.561. The highest BCUT2D eigenvalue weighted by molar-refractivity contribution is 5.69. The van der Waals surface area contributed by atoms with Gasteiger partial charge in [-0.1, -0.05) is 87.9 Å². The summed E-state index contributed by atoms with van der Waals surface area (Å²) in [7, 11) is 1.40. The summed E-state index contributed by atoms with van der Waals surface area (Å²) >= 11 is 0. The molecule has 0 heterocycles. The van der Waals surface area contributed by atoms with Crippen molar-refractivity contribution in [2.75, 3.05) is 7.11 Å². The summed E-state index contributed by atoms with van der Waals surface area (Å²) in [5.74, 6) is -0.670. The average molecular weight is 546 g/mol. The second-order valence-corrected chi connectivity index (χ2v) is 10.4. The van der Waals surface area contributed by atoms with Gasteiger partial charge in [0, 0.05) is 37.6 Å². The number of aliphatic hydroxyl groups excluding tert-OH is 1. The number of esters is 2. The van der Waals surface area contributed by atoms with Crippen LogP contribution in [-0.2, 0) is 30.4 Å². The number of nitrogens with one attached hydrogen (secondary N) is 1. The summed E-state index contributed by atoms with van der Waals surface area (Å²) < 4.78 is 15.9. The number of carbonyl (C=O) groups is 3. The molecule has 218 valence electrons. The van der Waals surface area contributed by atoms with E-state index in [0.29, 0.717) is 19.3 Å². The number of benzene rings is 1. The van der Waals surface area contributed by atoms with Crippen molar-refractivity contribution in [2.24, 2.45) is 11.8 Å². The third kappa shape index (κ3) is 12.7. The van der Waals surface area contributed by atoms with Crippen LogP contribution in [-0.4, -0.2) is 48.5 Å². The minimum absolute atomic E-state index is 0.00646. The third-order valence-electron chi connectivity index (χ3n) is 7.31. The fourth-order valence-corrected chi connectivity index (χ4v) is 5.26. The molecule has 1 aromatic rings. The molecule has 2 N–H and O–H groups in total. The van der Waals surface area contributed by atoms with Gasteiger partial charge in [0.1, 0.15) is 12.7 Å². The number of alkyl carbamates (subject to hydrolysis) is 1. The van der Waals surface area contributed by atoms with Crippen LogP contribution >= 0.6 is 0 Å². The van der Waals surface area contributed by atoms with E-state index in [9.17, 15) is 19.5 Å². The number of aliphatic hydroxyl groups is 1. The minimum Gasteiger partial charge on any atom is -0.469 e. The van der Waals surface area contributed by atoms with Gasteiger partial charge in [-0.25, -0.2) is 4.79 Å². The SMILES string of the molecule is CCCCCC(O)/C=C/[C@@H]1[C@@H](CCCCCCC(=O)OC)[C@@H](OC(C)=O)C[C@H]1NC(=O)OCc1ccccc1. The lowest BCUT2D eigenvalue weighted by atomic mass is 9.87. The Kier molecular flexibility index (Phi) is 15.3. The van der Waals surface area contributed by atoms with Gasteiger partial charge in [0.25, 0.3) is 0 Å². The first-order chi connectivity index (χ1) is 18.8. The van der Waals surface area contributed by atoms with E-state index in [4.69, 9.17) is 14.2 Å². The molecule has 0 saturated heterocycles. The van der Waals surface area contributed by atoms with Crippen molar-refractivity contribution in [3.05, 3.63) is 48.0 Å². The molecule has 0 radical (unpaired) electrons. The van der Waals surface area contributed by atoms with Gasteiger partial charge in [-0.05, 0) is 24.8 Å². The molecule has 1 aliphatic rings. The maximum absolute atomic E-state index is 12.7. The van der Waals surface area contributed by atoms with Crippen molar-refractivity contribution < 1.29 is 33.7 Å². The molecule has 0 spiro atoms. The lowest BCUT2D eigenvalue weighted by Gasteiger charge is -2.25. The first-order valence-corrected chi connectivity index (χ1v) is 14.4. The lowest BCUT2D eigenvalue weighted by Crippen LogP contribution is -2.38. The standard InChI is InChI=1S/C31H47NO7/c1-4-5-9-16-25(34)19-20-26-27(17-12-6-7-13-18-30(35)37-3)29(39-23(2)33)21-28(26)32-31(36)38-22-24-14-10-8-11-15-24/h8,10-11,14-15,19-20,25-29,34H,4-7,9,12-13,16-18,21-22H2,1-3H3,(H,32,36)/b20-19+/t25?,26-,27-,28-,29+/m1/s1. The smallest absolute Gasteiger partial charge is 0.407 e. The Hall–Kier alpha value is -2.87. The Morgan fingerprint density at radius 3 is 2.51 bits per heavy atom. The van der Waals surface area contributed by atoms with Crippen LogP contribution < -0.4 is 5.32 Å². The fraction of sp³-hybridized carbons (Fsp3) is 0.645. The van der Waals surface area contributed by atoms with Crippen molar-refractivity contribution in [2.45, 2.75) is 109 Å². The number of unbranched alkanes of at least 4 members (excludes halogenated alkanes) is 5. The molecule has 1 aliphatic carbocycles. The van der Waals surface area contributed by atoms with E-state index in [1.165, 1.54) is 14.0 Å². The zero-order chi connectivity index (χ0) is 28.5. The van der Waals surface area contributed by atoms with Crippen molar-refractivity contribution in [3.8, 4) is 0 Å². The van der Waals surface area contributed by atoms with Crippen molar-refractivity contribution >= 4 is 18.0 Å². The van der Waals surface area contributed by atoms with Crippen LogP contribution in [0.4, 0.5) is 4.79 Å². The van der Waals surface area contributed by atoms with E-state index in [-0.39, 0.29) is 42.5 Å². The van der Waals surface area contributed by atoms with Gasteiger partial charge < -0.3 is 24.6 Å². The van der Waals surface area contributed by atoms with E-state index >= 15 is 0 Å². The zero-order valence-corrected chi connectivity index (χ0v) is 23.8. The first kappa shape index (κ1) is 32.3. The summed E-state index contributed by atoms with van der Waals surface area (Å²) in [5.41, 5.74) is 0.897. The lowest BCUT2D eigenvalue weighted by molar-refractivity contribution is -0.148. The Morgan fingerprint density at radius 1 is 1.08 bits per heavy atom. The van der Waals surface area contributed by atoms with E-state index in [2.05, 4.69) is 12.2 Å². The van der Waals surface area contributed by atoms with Gasteiger partial charge in [-0.2, -0.15) is 0 Å². The molecule has 1 aromatic carbocycles. The Bertz CT molecular complexity index is 888. The monoisotopic (exact) mass is 545 g/mol. The van der Waals surface area contributed by atoms with Crippen molar-refractivity contribution in [3.63, 3.8) is 0 Å². The number of carbonyl (C=O) groups excluding carboxylic acids is 3. The van der Waals surface area contributed by atoms with Crippen LogP contribution in [0.1, 0.15) is 90.0 Å². The summed E-state index contributed by atoms with van der Waals surface area (Å²) in [5, 5.41) is 13.5. The van der Waals surface area contributed by atoms with E-state index in [1.54, 1.807) is 0 Å². The molecule has 1 unspecified atom stereocenters. The predicted molar refractivity (Wildman–Crippen MR) is 150 cm³/mol. The highest BCUT2D eigenvalue weighted by atomic mass is 16.6. The van der Waals surface area contributed by atoms with Crippen molar-refractivity contribution in [1.82, 2.24) is 5.32 Å². The topological polar surface area (TPSA) is 111 Å². The van der Waals surface area contributed by atoms with Crippen LogP contribution in [0.2, 0.25) is 0 Å². The second kappa shape index (κ2) is 18.4. The molecule has 0 aromatic heterocycles. The molecule has 0 aliphatic heterocycles. The summed E-state index contributed by atoms with van der Waals surface area (Å²) in [6.45, 7) is 3.70. The number of ether oxygens (including phenoxy) is 3. The first-order valence-electron chi connectivity index (χ1n) is 14.4. The summed E-state index contributed by atoms with van der Waals surface area (Å²) in [6, 6.07) is 9.19. The summed E-state index contributed by atoms with van der Waals surface area (Å²) in [6.07, 6.45) is 11.4. The fourth-order valence-electron chi connectivity index (χ4n) is 5.26. The van der Waals surface area contributed by atoms with E-state index in [0.717, 1.165) is 56.9 Å². The quantitative estimate of drug-likeness (QED) is 0.109. The largest absolute Gasteiger partial charge is 0.469 e. The number of amides is 1. The molecule has 1 amide bonds. The highest BCUT2D eigenvalue weighted by Gasteiger charge is 2.44. The molecular weight excluding hydrogens is 498 g/mol.